The molecule has 31 heavy (non-hydrogen) atoms. The summed E-state index contributed by atoms with van der Waals surface area (Å²) in [6.45, 7) is 0.418. The zero-order valence-electron chi connectivity index (χ0n) is 16.2. The molecular formula is C22H18Cl2N2O4S. The largest absolute Gasteiger partial charge is 0.457 e. The topological polar surface area (TPSA) is 89.7 Å². The van der Waals surface area contributed by atoms with Gasteiger partial charge in [0.15, 0.2) is 0 Å². The van der Waals surface area contributed by atoms with E-state index in [2.05, 4.69) is 0 Å². The number of amides is 1. The van der Waals surface area contributed by atoms with Crippen LogP contribution in [-0.2, 0) is 14.8 Å². The van der Waals surface area contributed by atoms with Crippen LogP contribution >= 0.6 is 23.2 Å². The van der Waals surface area contributed by atoms with Gasteiger partial charge in [-0.3, -0.25) is 4.79 Å². The Kier molecular flexibility index (Phi) is 5.94. The van der Waals surface area contributed by atoms with Crippen LogP contribution in [0.3, 0.4) is 0 Å². The minimum absolute atomic E-state index is 0.00523. The summed E-state index contributed by atoms with van der Waals surface area (Å²) in [5.41, 5.74) is 1.45. The molecule has 1 aliphatic rings. The molecule has 1 heterocycles. The van der Waals surface area contributed by atoms with Crippen LogP contribution < -0.4 is 14.8 Å². The van der Waals surface area contributed by atoms with Crippen molar-refractivity contribution in [2.75, 3.05) is 11.4 Å². The second-order valence-electron chi connectivity index (χ2n) is 7.19. The fraction of sp³-hybridized carbons (Fsp3) is 0.136. The maximum Gasteiger partial charge on any atom is 0.238 e. The predicted molar refractivity (Wildman–Crippen MR) is 121 cm³/mol. The average molecular weight is 477 g/mol. The lowest BCUT2D eigenvalue weighted by atomic mass is 9.97. The van der Waals surface area contributed by atoms with E-state index in [0.717, 1.165) is 5.56 Å². The van der Waals surface area contributed by atoms with E-state index in [1.165, 1.54) is 12.1 Å². The van der Waals surface area contributed by atoms with Crippen molar-refractivity contribution in [1.29, 1.82) is 0 Å². The first-order valence-electron chi connectivity index (χ1n) is 9.37. The first-order valence-corrected chi connectivity index (χ1v) is 11.7. The van der Waals surface area contributed by atoms with Gasteiger partial charge in [-0.25, -0.2) is 13.6 Å². The van der Waals surface area contributed by atoms with E-state index in [-0.39, 0.29) is 23.1 Å². The molecule has 0 spiro atoms. The predicted octanol–water partition coefficient (Wildman–Crippen LogP) is 4.95. The standard InChI is InChI=1S/C22H18Cl2N2O4S/c23-15-2-1-3-18(11-15)30-21-12-16(24)4-9-20(21)14-10-22(27)26(13-14)17-5-7-19(8-6-17)31(25,28)29/h1-9,11-12,14H,10,13H2,(H2,25,28,29)/t14-/m0/s1. The number of carbonyl (C=O) groups excluding carboxylic acids is 1. The van der Waals surface area contributed by atoms with Crippen molar-refractivity contribution >= 4 is 44.8 Å². The molecule has 3 aromatic rings. The lowest BCUT2D eigenvalue weighted by Crippen LogP contribution is -2.24. The van der Waals surface area contributed by atoms with Crippen LogP contribution in [0.5, 0.6) is 11.5 Å². The quantitative estimate of drug-likeness (QED) is 0.563. The number of carbonyl (C=O) groups is 1. The number of primary sulfonamides is 1. The highest BCUT2D eigenvalue weighted by atomic mass is 35.5. The molecule has 0 unspecified atom stereocenters. The Balaban J connectivity index is 1.60. The number of hydrogen-bond acceptors (Lipinski definition) is 4. The molecule has 0 bridgehead atoms. The van der Waals surface area contributed by atoms with Gasteiger partial charge in [-0.2, -0.15) is 0 Å². The molecule has 1 fully saturated rings. The van der Waals surface area contributed by atoms with Gasteiger partial charge in [-0.1, -0.05) is 35.3 Å². The lowest BCUT2D eigenvalue weighted by molar-refractivity contribution is -0.117. The highest BCUT2D eigenvalue weighted by molar-refractivity contribution is 7.89. The molecule has 0 radical (unpaired) electrons. The molecule has 0 saturated carbocycles. The van der Waals surface area contributed by atoms with Crippen LogP contribution in [0.2, 0.25) is 10.0 Å². The first-order chi connectivity index (χ1) is 14.7. The fourth-order valence-electron chi connectivity index (χ4n) is 3.57. The normalized spacial score (nSPS) is 16.5. The zero-order chi connectivity index (χ0) is 22.2. The summed E-state index contributed by atoms with van der Waals surface area (Å²) >= 11 is 12.2. The molecule has 160 valence electrons. The summed E-state index contributed by atoms with van der Waals surface area (Å²) in [7, 11) is -3.79. The number of hydrogen-bond donors (Lipinski definition) is 1. The number of anilines is 1. The molecule has 6 nitrogen and oxygen atoms in total. The molecule has 1 aliphatic heterocycles. The van der Waals surface area contributed by atoms with Gasteiger partial charge in [0, 0.05) is 40.2 Å². The molecule has 0 aliphatic carbocycles. The molecule has 3 aromatic carbocycles. The first kappa shape index (κ1) is 21.6. The van der Waals surface area contributed by atoms with Crippen molar-refractivity contribution in [2.24, 2.45) is 5.14 Å². The van der Waals surface area contributed by atoms with Gasteiger partial charge in [-0.05, 0) is 54.6 Å². The lowest BCUT2D eigenvalue weighted by Gasteiger charge is -2.19. The van der Waals surface area contributed by atoms with E-state index < -0.39 is 10.0 Å². The van der Waals surface area contributed by atoms with E-state index in [4.69, 9.17) is 33.1 Å². The SMILES string of the molecule is NS(=O)(=O)c1ccc(N2C[C@@H](c3ccc(Cl)cc3Oc3cccc(Cl)c3)CC2=O)cc1. The third-order valence-corrected chi connectivity index (χ3v) is 6.44. The minimum atomic E-state index is -3.79. The number of nitrogens with two attached hydrogens (primary N) is 1. The monoisotopic (exact) mass is 476 g/mol. The molecule has 0 aromatic heterocycles. The van der Waals surface area contributed by atoms with Crippen LogP contribution in [0.25, 0.3) is 0 Å². The van der Waals surface area contributed by atoms with Crippen molar-refractivity contribution in [1.82, 2.24) is 0 Å². The molecule has 4 rings (SSSR count). The summed E-state index contributed by atoms with van der Waals surface area (Å²) in [5.74, 6) is 0.920. The summed E-state index contributed by atoms with van der Waals surface area (Å²) in [6, 6.07) is 18.3. The number of rotatable bonds is 5. The summed E-state index contributed by atoms with van der Waals surface area (Å²) in [4.78, 5) is 14.3. The van der Waals surface area contributed by atoms with Gasteiger partial charge in [0.25, 0.3) is 0 Å². The van der Waals surface area contributed by atoms with E-state index in [9.17, 15) is 13.2 Å². The Bertz CT molecular complexity index is 1250. The molecule has 1 atom stereocenters. The smallest absolute Gasteiger partial charge is 0.238 e. The van der Waals surface area contributed by atoms with Crippen molar-refractivity contribution in [3.05, 3.63) is 82.3 Å². The van der Waals surface area contributed by atoms with Gasteiger partial charge < -0.3 is 9.64 Å². The van der Waals surface area contributed by atoms with E-state index in [1.54, 1.807) is 53.4 Å². The highest BCUT2D eigenvalue weighted by Gasteiger charge is 2.33. The fourth-order valence-corrected chi connectivity index (χ4v) is 4.43. The van der Waals surface area contributed by atoms with E-state index >= 15 is 0 Å². The summed E-state index contributed by atoms with van der Waals surface area (Å²) in [6.07, 6.45) is 0.282. The van der Waals surface area contributed by atoms with Crippen molar-refractivity contribution in [3.63, 3.8) is 0 Å². The number of nitrogens with zero attached hydrogens (tertiary/aromatic N) is 1. The second-order valence-corrected chi connectivity index (χ2v) is 9.62. The van der Waals surface area contributed by atoms with E-state index in [1.807, 2.05) is 6.07 Å². The van der Waals surface area contributed by atoms with Crippen LogP contribution in [0, 0.1) is 0 Å². The van der Waals surface area contributed by atoms with Gasteiger partial charge in [-0.15, -0.1) is 0 Å². The minimum Gasteiger partial charge on any atom is -0.457 e. The van der Waals surface area contributed by atoms with Crippen LogP contribution in [0.1, 0.15) is 17.9 Å². The maximum atomic E-state index is 12.7. The van der Waals surface area contributed by atoms with Crippen molar-refractivity contribution < 1.29 is 17.9 Å². The number of benzene rings is 3. The van der Waals surface area contributed by atoms with Gasteiger partial charge >= 0.3 is 0 Å². The molecule has 9 heteroatoms. The zero-order valence-corrected chi connectivity index (χ0v) is 18.5. The third-order valence-electron chi connectivity index (χ3n) is 5.04. The van der Waals surface area contributed by atoms with Crippen LogP contribution in [0.4, 0.5) is 5.69 Å². The average Bonchev–Trinajstić information content (AvgIpc) is 3.09. The molecule has 2 N–H and O–H groups in total. The van der Waals surface area contributed by atoms with Gasteiger partial charge in [0.2, 0.25) is 15.9 Å². The third kappa shape index (κ3) is 4.85. The Morgan fingerprint density at radius 1 is 0.968 bits per heavy atom. The number of ether oxygens (including phenoxy) is 1. The molecule has 1 saturated heterocycles. The molecule has 1 amide bonds. The summed E-state index contributed by atoms with van der Waals surface area (Å²) < 4.78 is 29.0. The Labute approximate surface area is 190 Å². The maximum absolute atomic E-state index is 12.7. The Morgan fingerprint density at radius 3 is 2.35 bits per heavy atom. The summed E-state index contributed by atoms with van der Waals surface area (Å²) in [5, 5.41) is 6.21. The number of halogens is 2. The van der Waals surface area contributed by atoms with Crippen LogP contribution in [0.15, 0.2) is 71.6 Å². The van der Waals surface area contributed by atoms with Crippen molar-refractivity contribution in [3.8, 4) is 11.5 Å². The molecular weight excluding hydrogens is 459 g/mol. The Hall–Kier alpha value is -2.58. The number of sulfonamides is 1. The second kappa shape index (κ2) is 8.51. The van der Waals surface area contributed by atoms with E-state index in [0.29, 0.717) is 33.8 Å². The van der Waals surface area contributed by atoms with Gasteiger partial charge in [0.05, 0.1) is 4.90 Å². The van der Waals surface area contributed by atoms with Gasteiger partial charge in [0.1, 0.15) is 11.5 Å². The van der Waals surface area contributed by atoms with Crippen LogP contribution in [-0.4, -0.2) is 20.9 Å². The van der Waals surface area contributed by atoms with Crippen molar-refractivity contribution in [2.45, 2.75) is 17.2 Å². The Morgan fingerprint density at radius 2 is 1.68 bits per heavy atom. The highest BCUT2D eigenvalue weighted by Crippen LogP contribution is 2.39.